The number of anilines is 1. The first-order chi connectivity index (χ1) is 9.99. The van der Waals surface area contributed by atoms with Gasteiger partial charge in [0.2, 0.25) is 0 Å². The Bertz CT molecular complexity index is 539. The second kappa shape index (κ2) is 6.91. The van der Waals surface area contributed by atoms with Crippen molar-refractivity contribution in [1.29, 1.82) is 0 Å². The van der Waals surface area contributed by atoms with Crippen LogP contribution < -0.4 is 21.3 Å². The number of aryl methyl sites for hydroxylation is 1. The average molecular weight is 311 g/mol. The number of primary amides is 1. The van der Waals surface area contributed by atoms with Crippen molar-refractivity contribution >= 4 is 28.3 Å². The van der Waals surface area contributed by atoms with Gasteiger partial charge in [0.25, 0.3) is 5.91 Å². The van der Waals surface area contributed by atoms with Gasteiger partial charge >= 0.3 is 6.03 Å². The van der Waals surface area contributed by atoms with Crippen LogP contribution in [0.5, 0.6) is 0 Å². The Kier molecular flexibility index (Phi) is 5.19. The molecule has 0 aromatic carbocycles. The Morgan fingerprint density at radius 1 is 1.29 bits per heavy atom. The predicted molar refractivity (Wildman–Crippen MR) is 84.2 cm³/mol. The van der Waals surface area contributed by atoms with Crippen molar-refractivity contribution in [1.82, 2.24) is 5.32 Å². The summed E-state index contributed by atoms with van der Waals surface area (Å²) in [7, 11) is 4.05. The zero-order valence-electron chi connectivity index (χ0n) is 12.5. The summed E-state index contributed by atoms with van der Waals surface area (Å²) >= 11 is 1.48. The summed E-state index contributed by atoms with van der Waals surface area (Å²) in [5.74, 6) is -0.456. The molecule has 1 aliphatic carbocycles. The molecule has 7 heteroatoms. The fourth-order valence-electron chi connectivity index (χ4n) is 2.49. The molecule has 0 spiro atoms. The Balaban J connectivity index is 2.07. The highest BCUT2D eigenvalue weighted by Crippen LogP contribution is 2.37. The molecule has 1 aromatic heterocycles. The number of thiophene rings is 1. The molecule has 0 saturated carbocycles. The summed E-state index contributed by atoms with van der Waals surface area (Å²) in [6.45, 7) is 1.43. The molecule has 0 fully saturated rings. The van der Waals surface area contributed by atoms with Gasteiger partial charge in [-0.2, -0.15) is 0 Å². The molecule has 0 saturated heterocycles. The highest BCUT2D eigenvalue weighted by atomic mass is 32.1. The number of amides is 3. The summed E-state index contributed by atoms with van der Waals surface area (Å²) < 4.78 is 0. The molecule has 0 radical (unpaired) electrons. The third kappa shape index (κ3) is 3.95. The van der Waals surface area contributed by atoms with Gasteiger partial charge in [-0.15, -0.1) is 11.3 Å². The van der Waals surface area contributed by atoms with Crippen LogP contribution in [0.25, 0.3) is 0 Å². The van der Waals surface area contributed by atoms with Crippen molar-refractivity contribution in [3.8, 4) is 0 Å². The van der Waals surface area contributed by atoms with Crippen molar-refractivity contribution in [2.75, 3.05) is 32.5 Å². The Morgan fingerprint density at radius 3 is 2.67 bits per heavy atom. The summed E-state index contributed by atoms with van der Waals surface area (Å²) in [6, 6.07) is -0.280. The molecule has 0 unspecified atom stereocenters. The maximum absolute atomic E-state index is 11.9. The number of likely N-dealkylation sites (N-methyl/N-ethyl adjacent to an activating group) is 1. The summed E-state index contributed by atoms with van der Waals surface area (Å²) in [5.41, 5.74) is 7.03. The molecular formula is C14H23N4O2S+. The SMILES string of the molecule is C[NH+](C)CCNC(=O)Nc1sc2c(c1C(N)=O)CCCC2. The maximum Gasteiger partial charge on any atom is 0.320 e. The topological polar surface area (TPSA) is 88.7 Å². The fourth-order valence-corrected chi connectivity index (χ4v) is 3.78. The summed E-state index contributed by atoms with van der Waals surface area (Å²) in [5, 5.41) is 6.16. The molecule has 1 heterocycles. The summed E-state index contributed by atoms with van der Waals surface area (Å²) in [6.07, 6.45) is 4.04. The standard InChI is InChI=1S/C14H22N4O2S/c1-18(2)8-7-16-14(20)17-13-11(12(15)19)9-5-3-4-6-10(9)21-13/h3-8H2,1-2H3,(H2,15,19)(H2,16,17,20)/p+1. The molecule has 1 aromatic rings. The zero-order chi connectivity index (χ0) is 15.4. The van der Waals surface area contributed by atoms with E-state index in [1.807, 2.05) is 14.1 Å². The van der Waals surface area contributed by atoms with Gasteiger partial charge in [0.05, 0.1) is 32.7 Å². The summed E-state index contributed by atoms with van der Waals surface area (Å²) in [4.78, 5) is 26.0. The van der Waals surface area contributed by atoms with Crippen molar-refractivity contribution in [3.63, 3.8) is 0 Å². The first-order valence-electron chi connectivity index (χ1n) is 7.27. The van der Waals surface area contributed by atoms with Gasteiger partial charge in [-0.1, -0.05) is 0 Å². The van der Waals surface area contributed by atoms with Crippen LogP contribution in [0.3, 0.4) is 0 Å². The van der Waals surface area contributed by atoms with Crippen molar-refractivity contribution in [2.45, 2.75) is 25.7 Å². The predicted octanol–water partition coefficient (Wildman–Crippen LogP) is -0.00820. The molecular weight excluding hydrogens is 288 g/mol. The molecule has 21 heavy (non-hydrogen) atoms. The number of hydrogen-bond donors (Lipinski definition) is 4. The van der Waals surface area contributed by atoms with E-state index in [9.17, 15) is 9.59 Å². The molecule has 0 atom stereocenters. The molecule has 3 amide bonds. The van der Waals surface area contributed by atoms with E-state index in [1.165, 1.54) is 21.1 Å². The number of rotatable bonds is 5. The third-order valence-electron chi connectivity index (χ3n) is 3.56. The van der Waals surface area contributed by atoms with Crippen LogP contribution in [0.1, 0.15) is 33.6 Å². The second-order valence-corrected chi connectivity index (χ2v) is 6.72. The van der Waals surface area contributed by atoms with Crippen molar-refractivity contribution in [3.05, 3.63) is 16.0 Å². The normalized spacial score (nSPS) is 13.9. The molecule has 0 aliphatic heterocycles. The number of carbonyl (C=O) groups is 2. The average Bonchev–Trinajstić information content (AvgIpc) is 2.75. The fraction of sp³-hybridized carbons (Fsp3) is 0.571. The molecule has 0 bridgehead atoms. The van der Waals surface area contributed by atoms with E-state index in [4.69, 9.17) is 5.73 Å². The van der Waals surface area contributed by atoms with E-state index in [0.29, 0.717) is 17.1 Å². The first-order valence-corrected chi connectivity index (χ1v) is 8.09. The zero-order valence-corrected chi connectivity index (χ0v) is 13.4. The van der Waals surface area contributed by atoms with Gasteiger partial charge in [0.15, 0.2) is 0 Å². The van der Waals surface area contributed by atoms with E-state index in [-0.39, 0.29) is 6.03 Å². The second-order valence-electron chi connectivity index (χ2n) is 5.62. The minimum atomic E-state index is -0.456. The van der Waals surface area contributed by atoms with Gasteiger partial charge in [0, 0.05) is 4.88 Å². The van der Waals surface area contributed by atoms with Crippen LogP contribution >= 0.6 is 11.3 Å². The van der Waals surface area contributed by atoms with E-state index < -0.39 is 5.91 Å². The van der Waals surface area contributed by atoms with Crippen LogP contribution in [-0.4, -0.2) is 39.1 Å². The largest absolute Gasteiger partial charge is 0.365 e. The van der Waals surface area contributed by atoms with Crippen LogP contribution in [0.2, 0.25) is 0 Å². The lowest BCUT2D eigenvalue weighted by Crippen LogP contribution is -3.06. The van der Waals surface area contributed by atoms with Gasteiger partial charge < -0.3 is 16.0 Å². The van der Waals surface area contributed by atoms with Gasteiger partial charge in [-0.25, -0.2) is 4.79 Å². The number of fused-ring (bicyclic) bond motifs is 1. The number of hydrogen-bond acceptors (Lipinski definition) is 3. The maximum atomic E-state index is 11.9. The van der Waals surface area contributed by atoms with Crippen LogP contribution in [0, 0.1) is 0 Å². The van der Waals surface area contributed by atoms with Crippen molar-refractivity contribution < 1.29 is 14.5 Å². The number of quaternary nitrogens is 1. The van der Waals surface area contributed by atoms with Gasteiger partial charge in [-0.3, -0.25) is 10.1 Å². The van der Waals surface area contributed by atoms with Crippen LogP contribution in [0.4, 0.5) is 9.80 Å². The Morgan fingerprint density at radius 2 is 2.00 bits per heavy atom. The Labute approximate surface area is 128 Å². The number of nitrogens with two attached hydrogens (primary N) is 1. The minimum Gasteiger partial charge on any atom is -0.365 e. The monoisotopic (exact) mass is 311 g/mol. The number of nitrogens with one attached hydrogen (secondary N) is 3. The number of carbonyl (C=O) groups excluding carboxylic acids is 2. The molecule has 6 nitrogen and oxygen atoms in total. The van der Waals surface area contributed by atoms with Crippen LogP contribution in [0.15, 0.2) is 0 Å². The molecule has 116 valence electrons. The lowest BCUT2D eigenvalue weighted by Gasteiger charge is -2.11. The van der Waals surface area contributed by atoms with Gasteiger partial charge in [-0.05, 0) is 31.2 Å². The Hall–Kier alpha value is -1.60. The van der Waals surface area contributed by atoms with Gasteiger partial charge in [0.1, 0.15) is 5.00 Å². The highest BCUT2D eigenvalue weighted by molar-refractivity contribution is 7.17. The lowest BCUT2D eigenvalue weighted by atomic mass is 9.95. The molecule has 5 N–H and O–H groups in total. The third-order valence-corrected chi connectivity index (χ3v) is 4.76. The van der Waals surface area contributed by atoms with E-state index >= 15 is 0 Å². The lowest BCUT2D eigenvalue weighted by molar-refractivity contribution is -0.856. The van der Waals surface area contributed by atoms with E-state index in [1.54, 1.807) is 0 Å². The first kappa shape index (κ1) is 15.8. The number of urea groups is 1. The van der Waals surface area contributed by atoms with Crippen molar-refractivity contribution in [2.24, 2.45) is 5.73 Å². The smallest absolute Gasteiger partial charge is 0.320 e. The van der Waals surface area contributed by atoms with E-state index in [0.717, 1.165) is 37.8 Å². The van der Waals surface area contributed by atoms with E-state index in [2.05, 4.69) is 10.6 Å². The highest BCUT2D eigenvalue weighted by Gasteiger charge is 2.24. The quantitative estimate of drug-likeness (QED) is 0.616. The van der Waals surface area contributed by atoms with Crippen LogP contribution in [-0.2, 0) is 12.8 Å². The molecule has 1 aliphatic rings. The molecule has 2 rings (SSSR count). The minimum absolute atomic E-state index is 0.280.